The van der Waals surface area contributed by atoms with Crippen LogP contribution in [-0.2, 0) is 17.8 Å². The van der Waals surface area contributed by atoms with E-state index in [0.717, 1.165) is 55.1 Å². The number of rotatable bonds is 3. The fourth-order valence-corrected chi connectivity index (χ4v) is 3.72. The summed E-state index contributed by atoms with van der Waals surface area (Å²) in [5, 5.41) is 11.6. The summed E-state index contributed by atoms with van der Waals surface area (Å²) < 4.78 is 2.21. The minimum Gasteiger partial charge on any atom is -0.328 e. The minimum absolute atomic E-state index is 0.0446. The van der Waals surface area contributed by atoms with Gasteiger partial charge in [0, 0.05) is 36.2 Å². The first-order valence-electron chi connectivity index (χ1n) is 8.79. The molecule has 0 bridgehead atoms. The number of aryl methyl sites for hydroxylation is 1. The van der Waals surface area contributed by atoms with E-state index in [1.807, 2.05) is 24.3 Å². The van der Waals surface area contributed by atoms with Gasteiger partial charge in [0.05, 0.1) is 0 Å². The van der Waals surface area contributed by atoms with Crippen LogP contribution in [0, 0.1) is 5.92 Å². The highest BCUT2D eigenvalue weighted by Gasteiger charge is 2.27. The summed E-state index contributed by atoms with van der Waals surface area (Å²) in [6.07, 6.45) is 5.98. The van der Waals surface area contributed by atoms with Gasteiger partial charge in [0.2, 0.25) is 5.91 Å². The molecule has 6 nitrogen and oxygen atoms in total. The van der Waals surface area contributed by atoms with Crippen molar-refractivity contribution in [1.29, 1.82) is 0 Å². The molecule has 3 N–H and O–H groups in total. The number of nitrogens with one attached hydrogen (secondary N) is 1. The highest BCUT2D eigenvalue weighted by molar-refractivity contribution is 5.93. The second kappa shape index (κ2) is 6.36. The Labute approximate surface area is 141 Å². The average molecular weight is 325 g/mol. The zero-order valence-corrected chi connectivity index (χ0v) is 13.7. The third-order valence-electron chi connectivity index (χ3n) is 5.11. The van der Waals surface area contributed by atoms with Crippen molar-refractivity contribution in [1.82, 2.24) is 14.8 Å². The van der Waals surface area contributed by atoms with Gasteiger partial charge in [-0.2, -0.15) is 0 Å². The molecule has 2 unspecified atom stereocenters. The van der Waals surface area contributed by atoms with Crippen LogP contribution in [0.2, 0.25) is 0 Å². The van der Waals surface area contributed by atoms with Crippen LogP contribution < -0.4 is 11.1 Å². The molecule has 2 heterocycles. The number of hydrogen-bond donors (Lipinski definition) is 2. The Morgan fingerprint density at radius 3 is 2.75 bits per heavy atom. The Bertz CT molecular complexity index is 736. The summed E-state index contributed by atoms with van der Waals surface area (Å²) in [7, 11) is 0. The number of anilines is 1. The Kier molecular flexibility index (Phi) is 4.06. The molecule has 24 heavy (non-hydrogen) atoms. The maximum Gasteiger partial charge on any atom is 0.227 e. The summed E-state index contributed by atoms with van der Waals surface area (Å²) in [6, 6.07) is 8.05. The number of hydrogen-bond acceptors (Lipinski definition) is 4. The Hall–Kier alpha value is -2.21. The SMILES string of the molecule is NC1CCC(C(=O)Nc2ccc(-c3nnc4n3CCCC4)cc2)C1. The van der Waals surface area contributed by atoms with Gasteiger partial charge in [0.15, 0.2) is 5.82 Å². The fourth-order valence-electron chi connectivity index (χ4n) is 3.72. The molecular weight excluding hydrogens is 302 g/mol. The lowest BCUT2D eigenvalue weighted by atomic mass is 10.1. The predicted octanol–water partition coefficient (Wildman–Crippen LogP) is 2.35. The molecule has 1 fully saturated rings. The van der Waals surface area contributed by atoms with Crippen molar-refractivity contribution >= 4 is 11.6 Å². The third kappa shape index (κ3) is 2.94. The maximum absolute atomic E-state index is 12.3. The Morgan fingerprint density at radius 1 is 1.17 bits per heavy atom. The number of fused-ring (bicyclic) bond motifs is 1. The van der Waals surface area contributed by atoms with Crippen molar-refractivity contribution in [3.8, 4) is 11.4 Å². The number of carbonyl (C=O) groups excluding carboxylic acids is 1. The fraction of sp³-hybridized carbons (Fsp3) is 0.500. The van der Waals surface area contributed by atoms with Gasteiger partial charge in [-0.05, 0) is 56.4 Å². The lowest BCUT2D eigenvalue weighted by Gasteiger charge is -2.15. The first-order chi connectivity index (χ1) is 11.7. The summed E-state index contributed by atoms with van der Waals surface area (Å²) in [6.45, 7) is 0.984. The van der Waals surface area contributed by atoms with Crippen LogP contribution in [0.3, 0.4) is 0 Å². The van der Waals surface area contributed by atoms with Crippen molar-refractivity contribution in [2.45, 2.75) is 51.1 Å². The molecule has 0 spiro atoms. The van der Waals surface area contributed by atoms with Crippen LogP contribution >= 0.6 is 0 Å². The van der Waals surface area contributed by atoms with Crippen LogP contribution in [0.25, 0.3) is 11.4 Å². The first-order valence-corrected chi connectivity index (χ1v) is 8.79. The van der Waals surface area contributed by atoms with Gasteiger partial charge in [0.1, 0.15) is 5.82 Å². The molecule has 1 aromatic heterocycles. The monoisotopic (exact) mass is 325 g/mol. The second-order valence-corrected chi connectivity index (χ2v) is 6.89. The third-order valence-corrected chi connectivity index (χ3v) is 5.11. The van der Waals surface area contributed by atoms with E-state index in [-0.39, 0.29) is 17.9 Å². The number of nitrogens with zero attached hydrogens (tertiary/aromatic N) is 3. The molecule has 4 rings (SSSR count). The zero-order chi connectivity index (χ0) is 16.5. The molecule has 2 atom stereocenters. The Balaban J connectivity index is 1.47. The topological polar surface area (TPSA) is 85.8 Å². The van der Waals surface area contributed by atoms with E-state index in [2.05, 4.69) is 20.1 Å². The summed E-state index contributed by atoms with van der Waals surface area (Å²) >= 11 is 0. The van der Waals surface area contributed by atoms with Crippen LogP contribution in [-0.4, -0.2) is 26.7 Å². The van der Waals surface area contributed by atoms with Crippen molar-refractivity contribution in [3.63, 3.8) is 0 Å². The number of carbonyl (C=O) groups is 1. The van der Waals surface area contributed by atoms with Gasteiger partial charge < -0.3 is 15.6 Å². The highest BCUT2D eigenvalue weighted by Crippen LogP contribution is 2.27. The van der Waals surface area contributed by atoms with Crippen LogP contribution in [0.1, 0.15) is 37.9 Å². The van der Waals surface area contributed by atoms with E-state index >= 15 is 0 Å². The van der Waals surface area contributed by atoms with Gasteiger partial charge in [-0.3, -0.25) is 4.79 Å². The van der Waals surface area contributed by atoms with Crippen molar-refractivity contribution in [2.24, 2.45) is 11.7 Å². The van der Waals surface area contributed by atoms with Gasteiger partial charge in [-0.25, -0.2) is 0 Å². The summed E-state index contributed by atoms with van der Waals surface area (Å²) in [4.78, 5) is 12.3. The van der Waals surface area contributed by atoms with Crippen molar-refractivity contribution in [3.05, 3.63) is 30.1 Å². The van der Waals surface area contributed by atoms with Crippen LogP contribution in [0.15, 0.2) is 24.3 Å². The molecule has 1 aliphatic carbocycles. The maximum atomic E-state index is 12.3. The zero-order valence-electron chi connectivity index (χ0n) is 13.7. The molecule has 2 aromatic rings. The smallest absolute Gasteiger partial charge is 0.227 e. The number of nitrogens with two attached hydrogens (primary N) is 1. The molecule has 0 saturated heterocycles. The largest absolute Gasteiger partial charge is 0.328 e. The summed E-state index contributed by atoms with van der Waals surface area (Å²) in [5.41, 5.74) is 7.75. The van der Waals surface area contributed by atoms with E-state index in [0.29, 0.717) is 0 Å². The van der Waals surface area contributed by atoms with Gasteiger partial charge in [-0.15, -0.1) is 10.2 Å². The van der Waals surface area contributed by atoms with Crippen molar-refractivity contribution in [2.75, 3.05) is 5.32 Å². The molecule has 6 heteroatoms. The van der Waals surface area contributed by atoms with E-state index in [9.17, 15) is 4.79 Å². The molecule has 0 radical (unpaired) electrons. The lowest BCUT2D eigenvalue weighted by Crippen LogP contribution is -2.23. The molecule has 1 amide bonds. The normalized spacial score (nSPS) is 23.0. The first kappa shape index (κ1) is 15.3. The van der Waals surface area contributed by atoms with Gasteiger partial charge in [-0.1, -0.05) is 0 Å². The number of amides is 1. The average Bonchev–Trinajstić information content (AvgIpc) is 3.22. The molecule has 1 saturated carbocycles. The Morgan fingerprint density at radius 2 is 2.00 bits per heavy atom. The van der Waals surface area contributed by atoms with Crippen LogP contribution in [0.5, 0.6) is 0 Å². The van der Waals surface area contributed by atoms with E-state index in [1.54, 1.807) is 0 Å². The van der Waals surface area contributed by atoms with E-state index in [1.165, 1.54) is 12.8 Å². The van der Waals surface area contributed by atoms with E-state index < -0.39 is 0 Å². The summed E-state index contributed by atoms with van der Waals surface area (Å²) in [5.74, 6) is 2.12. The molecular formula is C18H23N5O. The second-order valence-electron chi connectivity index (χ2n) is 6.89. The molecule has 2 aliphatic rings. The van der Waals surface area contributed by atoms with Gasteiger partial charge >= 0.3 is 0 Å². The number of benzene rings is 1. The van der Waals surface area contributed by atoms with Crippen LogP contribution in [0.4, 0.5) is 5.69 Å². The standard InChI is InChI=1S/C18H23N5O/c19-14-7-4-13(11-14)18(24)20-15-8-5-12(6-9-15)17-22-21-16-3-1-2-10-23(16)17/h5-6,8-9,13-14H,1-4,7,10-11,19H2,(H,20,24). The molecule has 1 aromatic carbocycles. The number of aromatic nitrogens is 3. The van der Waals surface area contributed by atoms with E-state index in [4.69, 9.17) is 5.73 Å². The quantitative estimate of drug-likeness (QED) is 0.907. The predicted molar refractivity (Wildman–Crippen MR) is 92.3 cm³/mol. The molecule has 126 valence electrons. The van der Waals surface area contributed by atoms with Crippen molar-refractivity contribution < 1.29 is 4.79 Å². The minimum atomic E-state index is 0.0446. The molecule has 1 aliphatic heterocycles. The van der Waals surface area contributed by atoms with Gasteiger partial charge in [0.25, 0.3) is 0 Å². The lowest BCUT2D eigenvalue weighted by molar-refractivity contribution is -0.119. The highest BCUT2D eigenvalue weighted by atomic mass is 16.1.